The lowest BCUT2D eigenvalue weighted by Gasteiger charge is -2.26. The van der Waals surface area contributed by atoms with Crippen molar-refractivity contribution in [2.24, 2.45) is 0 Å². The first-order valence-corrected chi connectivity index (χ1v) is 11.0. The van der Waals surface area contributed by atoms with Crippen LogP contribution in [-0.4, -0.2) is 56.5 Å². The number of benzene rings is 2. The molecular weight excluding hydrogens is 390 g/mol. The SMILES string of the molecule is O=C(NCCc1c[nH]c2ccccc12)c1cccc(S(=O)(=O)N2CCOCC2)c1. The number of fused-ring (bicyclic) bond motifs is 1. The number of amides is 1. The minimum absolute atomic E-state index is 0.128. The maximum atomic E-state index is 12.8. The van der Waals surface area contributed by atoms with Gasteiger partial charge in [0.15, 0.2) is 0 Å². The topological polar surface area (TPSA) is 91.5 Å². The van der Waals surface area contributed by atoms with Gasteiger partial charge in [0.05, 0.1) is 18.1 Å². The molecule has 2 N–H and O–H groups in total. The summed E-state index contributed by atoms with van der Waals surface area (Å²) < 4.78 is 32.2. The third-order valence-electron chi connectivity index (χ3n) is 5.06. The van der Waals surface area contributed by atoms with Gasteiger partial charge in [-0.3, -0.25) is 4.79 Å². The zero-order valence-corrected chi connectivity index (χ0v) is 16.7. The number of carbonyl (C=O) groups is 1. The first-order valence-electron chi connectivity index (χ1n) is 9.57. The molecule has 0 radical (unpaired) electrons. The van der Waals surface area contributed by atoms with E-state index in [0.29, 0.717) is 44.8 Å². The summed E-state index contributed by atoms with van der Waals surface area (Å²) in [6, 6.07) is 14.2. The van der Waals surface area contributed by atoms with Gasteiger partial charge < -0.3 is 15.0 Å². The van der Waals surface area contributed by atoms with Crippen molar-refractivity contribution in [1.29, 1.82) is 0 Å². The van der Waals surface area contributed by atoms with Crippen LogP contribution in [0.15, 0.2) is 59.6 Å². The van der Waals surface area contributed by atoms with Crippen LogP contribution in [0, 0.1) is 0 Å². The molecule has 7 nitrogen and oxygen atoms in total. The largest absolute Gasteiger partial charge is 0.379 e. The van der Waals surface area contributed by atoms with Crippen LogP contribution in [0.4, 0.5) is 0 Å². The van der Waals surface area contributed by atoms with Gasteiger partial charge in [-0.1, -0.05) is 24.3 Å². The Kier molecular flexibility index (Phi) is 5.66. The van der Waals surface area contributed by atoms with E-state index < -0.39 is 10.0 Å². The third-order valence-corrected chi connectivity index (χ3v) is 6.95. The highest BCUT2D eigenvalue weighted by atomic mass is 32.2. The van der Waals surface area contributed by atoms with Crippen molar-refractivity contribution in [3.05, 3.63) is 65.9 Å². The minimum Gasteiger partial charge on any atom is -0.379 e. The van der Waals surface area contributed by atoms with Crippen molar-refractivity contribution in [3.8, 4) is 0 Å². The lowest BCUT2D eigenvalue weighted by molar-refractivity contribution is 0.0730. The number of nitrogens with zero attached hydrogens (tertiary/aromatic N) is 1. The molecule has 1 saturated heterocycles. The minimum atomic E-state index is -3.63. The summed E-state index contributed by atoms with van der Waals surface area (Å²) >= 11 is 0. The number of hydrogen-bond donors (Lipinski definition) is 2. The Morgan fingerprint density at radius 1 is 1.10 bits per heavy atom. The van der Waals surface area contributed by atoms with Crippen LogP contribution in [-0.2, 0) is 21.2 Å². The number of H-pyrrole nitrogens is 1. The molecule has 1 aliphatic rings. The molecule has 3 aromatic rings. The molecule has 1 amide bonds. The second-order valence-corrected chi connectivity index (χ2v) is 8.85. The van der Waals surface area contributed by atoms with Crippen LogP contribution in [0.5, 0.6) is 0 Å². The normalized spacial score (nSPS) is 15.4. The standard InChI is InChI=1S/C21H23N3O4S/c25-21(22-9-8-17-15-23-20-7-2-1-6-19(17)20)16-4-3-5-18(14-16)29(26,27)24-10-12-28-13-11-24/h1-7,14-15,23H,8-13H2,(H,22,25). The van der Waals surface area contributed by atoms with Crippen LogP contribution >= 0.6 is 0 Å². The van der Waals surface area contributed by atoms with Crippen molar-refractivity contribution in [2.45, 2.75) is 11.3 Å². The highest BCUT2D eigenvalue weighted by Crippen LogP contribution is 2.19. The predicted molar refractivity (Wildman–Crippen MR) is 110 cm³/mol. The molecule has 1 aromatic heterocycles. The van der Waals surface area contributed by atoms with Gasteiger partial charge in [-0.2, -0.15) is 4.31 Å². The highest BCUT2D eigenvalue weighted by Gasteiger charge is 2.26. The van der Waals surface area contributed by atoms with Gasteiger partial charge in [-0.05, 0) is 36.2 Å². The quantitative estimate of drug-likeness (QED) is 0.648. The molecule has 0 spiro atoms. The molecule has 0 unspecified atom stereocenters. The Labute approximate surface area is 169 Å². The molecule has 0 atom stereocenters. The zero-order chi connectivity index (χ0) is 20.3. The van der Waals surface area contributed by atoms with Crippen LogP contribution in [0.25, 0.3) is 10.9 Å². The fraction of sp³-hybridized carbons (Fsp3) is 0.286. The van der Waals surface area contributed by atoms with Crippen molar-refractivity contribution in [3.63, 3.8) is 0 Å². The first-order chi connectivity index (χ1) is 14.1. The first kappa shape index (κ1) is 19.6. The van der Waals surface area contributed by atoms with E-state index in [-0.39, 0.29) is 10.8 Å². The number of sulfonamides is 1. The van der Waals surface area contributed by atoms with Gasteiger partial charge in [0.25, 0.3) is 5.91 Å². The number of rotatable bonds is 6. The van der Waals surface area contributed by atoms with Crippen molar-refractivity contribution in [1.82, 2.24) is 14.6 Å². The summed E-state index contributed by atoms with van der Waals surface area (Å²) in [7, 11) is -3.63. The van der Waals surface area contributed by atoms with Crippen molar-refractivity contribution in [2.75, 3.05) is 32.8 Å². The molecule has 2 aromatic carbocycles. The van der Waals surface area contributed by atoms with Crippen molar-refractivity contribution < 1.29 is 17.9 Å². The molecule has 1 fully saturated rings. The van der Waals surface area contributed by atoms with E-state index in [1.165, 1.54) is 16.4 Å². The van der Waals surface area contributed by atoms with Crippen LogP contribution < -0.4 is 5.32 Å². The number of morpholine rings is 1. The summed E-state index contributed by atoms with van der Waals surface area (Å²) in [5.74, 6) is -0.288. The summed E-state index contributed by atoms with van der Waals surface area (Å²) in [6.45, 7) is 1.87. The van der Waals surface area contributed by atoms with E-state index in [9.17, 15) is 13.2 Å². The fourth-order valence-corrected chi connectivity index (χ4v) is 4.94. The van der Waals surface area contributed by atoms with E-state index in [0.717, 1.165) is 16.5 Å². The Bertz CT molecular complexity index is 1120. The van der Waals surface area contributed by atoms with Crippen LogP contribution in [0.1, 0.15) is 15.9 Å². The fourth-order valence-electron chi connectivity index (χ4n) is 3.49. The number of aromatic nitrogens is 1. The van der Waals surface area contributed by atoms with Gasteiger partial charge in [0.2, 0.25) is 10.0 Å². The number of nitrogens with one attached hydrogen (secondary N) is 2. The highest BCUT2D eigenvalue weighted by molar-refractivity contribution is 7.89. The number of aromatic amines is 1. The number of carbonyl (C=O) groups excluding carboxylic acids is 1. The number of para-hydroxylation sites is 1. The Balaban J connectivity index is 1.42. The lowest BCUT2D eigenvalue weighted by atomic mass is 10.1. The van der Waals surface area contributed by atoms with Gasteiger partial charge in [0, 0.05) is 42.3 Å². The average Bonchev–Trinajstić information content (AvgIpc) is 3.17. The monoisotopic (exact) mass is 413 g/mol. The Morgan fingerprint density at radius 3 is 2.72 bits per heavy atom. The molecule has 29 heavy (non-hydrogen) atoms. The molecule has 1 aliphatic heterocycles. The summed E-state index contributed by atoms with van der Waals surface area (Å²) in [4.78, 5) is 15.9. The number of ether oxygens (including phenoxy) is 1. The second-order valence-electron chi connectivity index (χ2n) is 6.91. The van der Waals surface area contributed by atoms with Crippen LogP contribution in [0.2, 0.25) is 0 Å². The summed E-state index contributed by atoms with van der Waals surface area (Å²) in [6.07, 6.45) is 2.63. The molecule has 0 bridgehead atoms. The predicted octanol–water partition coefficient (Wildman–Crippen LogP) is 2.16. The van der Waals surface area contributed by atoms with E-state index in [2.05, 4.69) is 10.3 Å². The Hall–Kier alpha value is -2.68. The molecule has 0 aliphatic carbocycles. The molecule has 2 heterocycles. The number of hydrogen-bond acceptors (Lipinski definition) is 4. The van der Waals surface area contributed by atoms with E-state index in [4.69, 9.17) is 4.74 Å². The summed E-state index contributed by atoms with van der Waals surface area (Å²) in [5.41, 5.74) is 2.53. The van der Waals surface area contributed by atoms with E-state index in [1.807, 2.05) is 30.5 Å². The van der Waals surface area contributed by atoms with Gasteiger partial charge in [-0.15, -0.1) is 0 Å². The van der Waals surface area contributed by atoms with E-state index in [1.54, 1.807) is 12.1 Å². The summed E-state index contributed by atoms with van der Waals surface area (Å²) in [5, 5.41) is 4.02. The molecular formula is C21H23N3O4S. The molecule has 8 heteroatoms. The van der Waals surface area contributed by atoms with Gasteiger partial charge in [-0.25, -0.2) is 8.42 Å². The van der Waals surface area contributed by atoms with Crippen LogP contribution in [0.3, 0.4) is 0 Å². The zero-order valence-electron chi connectivity index (χ0n) is 15.9. The lowest BCUT2D eigenvalue weighted by Crippen LogP contribution is -2.40. The molecule has 152 valence electrons. The van der Waals surface area contributed by atoms with Gasteiger partial charge in [0.1, 0.15) is 0 Å². The smallest absolute Gasteiger partial charge is 0.251 e. The Morgan fingerprint density at radius 2 is 1.90 bits per heavy atom. The molecule has 0 saturated carbocycles. The average molecular weight is 413 g/mol. The maximum absolute atomic E-state index is 12.8. The maximum Gasteiger partial charge on any atom is 0.251 e. The second kappa shape index (κ2) is 8.36. The van der Waals surface area contributed by atoms with Gasteiger partial charge >= 0.3 is 0 Å². The molecule has 4 rings (SSSR count). The van der Waals surface area contributed by atoms with Crippen molar-refractivity contribution >= 4 is 26.8 Å². The third kappa shape index (κ3) is 4.19. The van der Waals surface area contributed by atoms with E-state index >= 15 is 0 Å².